The molecule has 1 heterocycles. The van der Waals surface area contributed by atoms with Crippen LogP contribution in [0.3, 0.4) is 0 Å². The number of pyridine rings is 1. The Hall–Kier alpha value is -5.11. The van der Waals surface area contributed by atoms with E-state index in [1.165, 1.54) is 22.3 Å². The lowest BCUT2D eigenvalue weighted by atomic mass is 10.1. The zero-order valence-electron chi connectivity index (χ0n) is 29.9. The van der Waals surface area contributed by atoms with Crippen molar-refractivity contribution in [1.29, 1.82) is 0 Å². The van der Waals surface area contributed by atoms with Crippen molar-refractivity contribution in [3.8, 4) is 11.5 Å². The third-order valence-corrected chi connectivity index (χ3v) is 7.17. The molecule has 0 unspecified atom stereocenters. The Morgan fingerprint density at radius 2 is 1.20 bits per heavy atom. The molecule has 262 valence electrons. The van der Waals surface area contributed by atoms with Crippen molar-refractivity contribution in [2.45, 2.75) is 67.2 Å². The maximum atomic E-state index is 12.2. The number of amides is 1. The van der Waals surface area contributed by atoms with E-state index in [2.05, 4.69) is 81.5 Å². The number of aromatic carboxylic acids is 1. The number of ether oxygens (including phenoxy) is 2. The molecule has 0 aliphatic heterocycles. The van der Waals surface area contributed by atoms with E-state index in [1.807, 2.05) is 24.3 Å². The van der Waals surface area contributed by atoms with Crippen LogP contribution in [-0.2, 0) is 0 Å². The van der Waals surface area contributed by atoms with Crippen molar-refractivity contribution in [2.24, 2.45) is 0 Å². The summed E-state index contributed by atoms with van der Waals surface area (Å²) in [5.41, 5.74) is 7.13. The molecule has 0 saturated carbocycles. The van der Waals surface area contributed by atoms with Crippen LogP contribution in [0, 0.1) is 0 Å². The summed E-state index contributed by atoms with van der Waals surface area (Å²) in [4.78, 5) is 27.0. The van der Waals surface area contributed by atoms with Crippen molar-refractivity contribution >= 4 is 17.6 Å². The minimum Gasteiger partial charge on any atom is -0.490 e. The summed E-state index contributed by atoms with van der Waals surface area (Å²) < 4.78 is 11.3. The first kappa shape index (κ1) is 40.1. The Morgan fingerprint density at radius 3 is 1.65 bits per heavy atom. The molecule has 0 aliphatic rings. The van der Waals surface area contributed by atoms with Gasteiger partial charge in [0.1, 0.15) is 24.7 Å². The molecule has 0 spiro atoms. The number of carboxylic acids is 1. The number of carboxylic acid groups (broad SMARTS) is 1. The molecule has 2 aromatic carbocycles. The second kappa shape index (κ2) is 23.3. The Balaban J connectivity index is 0.000000365. The van der Waals surface area contributed by atoms with Crippen LogP contribution >= 0.6 is 0 Å². The Labute approximate surface area is 292 Å². The molecule has 0 radical (unpaired) electrons. The van der Waals surface area contributed by atoms with E-state index < -0.39 is 5.97 Å². The highest BCUT2D eigenvalue weighted by Gasteiger charge is 2.05. The number of aromatic nitrogens is 1. The lowest BCUT2D eigenvalue weighted by molar-refractivity contribution is 0.0696. The van der Waals surface area contributed by atoms with Crippen LogP contribution in [0.1, 0.15) is 87.9 Å². The molecular weight excluding hydrogens is 614 g/mol. The standard InChI is InChI=1S/C24H31N3O2.C17H22O3/c1-19(2)6-4-7-20(3)13-17-29-23-11-9-21(10-12-23)24(28)27-16-15-26-22-8-5-14-25-18-22;1-13(2)5-4-6-14(3)11-12-20-16-9-7-15(8-10-16)17(18)19/h5-6,8-14,18,26H,4,7,15-17H2,1-3H3,(H,27,28);5,7-11H,4,6,12H2,1-3H3,(H,18,19)/b20-13+;14-11+. The van der Waals surface area contributed by atoms with Gasteiger partial charge in [0, 0.05) is 31.0 Å². The Bertz CT molecular complexity index is 1530. The summed E-state index contributed by atoms with van der Waals surface area (Å²) in [6, 6.07) is 17.5. The minimum atomic E-state index is -0.924. The molecule has 0 atom stereocenters. The maximum absolute atomic E-state index is 12.2. The third kappa shape index (κ3) is 18.7. The lowest BCUT2D eigenvalue weighted by Gasteiger charge is -2.09. The van der Waals surface area contributed by atoms with Crippen LogP contribution in [-0.4, -0.2) is 48.3 Å². The Kier molecular flexibility index (Phi) is 19.0. The lowest BCUT2D eigenvalue weighted by Crippen LogP contribution is -2.28. The molecule has 3 aromatic rings. The highest BCUT2D eigenvalue weighted by atomic mass is 16.5. The number of anilines is 1. The van der Waals surface area contributed by atoms with Crippen LogP contribution in [0.5, 0.6) is 11.5 Å². The van der Waals surface area contributed by atoms with Gasteiger partial charge in [0.2, 0.25) is 0 Å². The van der Waals surface area contributed by atoms with Crippen LogP contribution < -0.4 is 20.1 Å². The maximum Gasteiger partial charge on any atom is 0.335 e. The number of nitrogens with one attached hydrogen (secondary N) is 2. The van der Waals surface area contributed by atoms with Gasteiger partial charge in [-0.05, 0) is 140 Å². The summed E-state index contributed by atoms with van der Waals surface area (Å²) in [5.74, 6) is 0.419. The van der Waals surface area contributed by atoms with E-state index >= 15 is 0 Å². The summed E-state index contributed by atoms with van der Waals surface area (Å²) >= 11 is 0. The van der Waals surface area contributed by atoms with Gasteiger partial charge in [-0.25, -0.2) is 4.79 Å². The van der Waals surface area contributed by atoms with E-state index in [1.54, 1.807) is 48.8 Å². The van der Waals surface area contributed by atoms with Crippen LogP contribution in [0.15, 0.2) is 120 Å². The van der Waals surface area contributed by atoms with Crippen molar-refractivity contribution in [3.05, 3.63) is 131 Å². The van der Waals surface area contributed by atoms with Crippen LogP contribution in [0.2, 0.25) is 0 Å². The van der Waals surface area contributed by atoms with Crippen molar-refractivity contribution in [1.82, 2.24) is 10.3 Å². The monoisotopic (exact) mass is 667 g/mol. The summed E-state index contributed by atoms with van der Waals surface area (Å²) in [7, 11) is 0. The number of carbonyl (C=O) groups is 2. The number of nitrogens with zero attached hydrogens (tertiary/aromatic N) is 1. The fraction of sp³-hybridized carbons (Fsp3) is 0.341. The topological polar surface area (TPSA) is 110 Å². The molecule has 0 aliphatic carbocycles. The predicted octanol–water partition coefficient (Wildman–Crippen LogP) is 9.45. The van der Waals surface area contributed by atoms with Crippen LogP contribution in [0.25, 0.3) is 0 Å². The Morgan fingerprint density at radius 1 is 0.694 bits per heavy atom. The van der Waals surface area contributed by atoms with Gasteiger partial charge >= 0.3 is 5.97 Å². The van der Waals surface area contributed by atoms with Gasteiger partial charge in [-0.3, -0.25) is 9.78 Å². The molecule has 0 bridgehead atoms. The van der Waals surface area contributed by atoms with Gasteiger partial charge in [-0.1, -0.05) is 34.4 Å². The average Bonchev–Trinajstić information content (AvgIpc) is 3.07. The van der Waals surface area contributed by atoms with Gasteiger partial charge in [-0.15, -0.1) is 0 Å². The molecule has 8 heteroatoms. The van der Waals surface area contributed by atoms with Gasteiger partial charge in [0.05, 0.1) is 11.3 Å². The zero-order valence-corrected chi connectivity index (χ0v) is 29.9. The van der Waals surface area contributed by atoms with E-state index in [9.17, 15) is 9.59 Å². The highest BCUT2D eigenvalue weighted by Crippen LogP contribution is 2.15. The molecule has 3 rings (SSSR count). The summed E-state index contributed by atoms with van der Waals surface area (Å²) in [5, 5.41) is 14.9. The summed E-state index contributed by atoms with van der Waals surface area (Å²) in [6.45, 7) is 14.9. The fourth-order valence-corrected chi connectivity index (χ4v) is 4.29. The number of hydrogen-bond acceptors (Lipinski definition) is 6. The van der Waals surface area contributed by atoms with E-state index in [4.69, 9.17) is 14.6 Å². The SMILES string of the molecule is CC(C)=CCC/C(C)=C/COc1ccc(C(=O)NCCNc2cccnc2)cc1.CC(C)=CCC/C(C)=C/COc1ccc(C(=O)O)cc1. The van der Waals surface area contributed by atoms with E-state index in [0.717, 1.165) is 37.1 Å². The number of carbonyl (C=O) groups excluding carboxylic acids is 1. The van der Waals surface area contributed by atoms with Crippen molar-refractivity contribution in [2.75, 3.05) is 31.6 Å². The quantitative estimate of drug-likeness (QED) is 0.0916. The smallest absolute Gasteiger partial charge is 0.335 e. The molecule has 0 fully saturated rings. The first-order chi connectivity index (χ1) is 23.5. The number of benzene rings is 2. The minimum absolute atomic E-state index is 0.0976. The molecule has 1 aromatic heterocycles. The van der Waals surface area contributed by atoms with Gasteiger partial charge in [0.25, 0.3) is 5.91 Å². The highest BCUT2D eigenvalue weighted by molar-refractivity contribution is 5.94. The van der Waals surface area contributed by atoms with Crippen LogP contribution in [0.4, 0.5) is 5.69 Å². The second-order valence-corrected chi connectivity index (χ2v) is 12.1. The third-order valence-electron chi connectivity index (χ3n) is 7.17. The van der Waals surface area contributed by atoms with Gasteiger partial charge in [-0.2, -0.15) is 0 Å². The first-order valence-electron chi connectivity index (χ1n) is 16.7. The molecule has 1 amide bonds. The normalized spacial score (nSPS) is 11.0. The first-order valence-corrected chi connectivity index (χ1v) is 16.7. The molecule has 0 saturated heterocycles. The molecular formula is C41H53N3O5. The number of hydrogen-bond donors (Lipinski definition) is 3. The van der Waals surface area contributed by atoms with E-state index in [-0.39, 0.29) is 11.5 Å². The molecule has 8 nitrogen and oxygen atoms in total. The largest absolute Gasteiger partial charge is 0.490 e. The number of rotatable bonds is 18. The van der Waals surface area contributed by atoms with Crippen molar-refractivity contribution in [3.63, 3.8) is 0 Å². The zero-order chi connectivity index (χ0) is 35.9. The average molecular weight is 668 g/mol. The van der Waals surface area contributed by atoms with E-state index in [0.29, 0.717) is 37.6 Å². The predicted molar refractivity (Wildman–Crippen MR) is 201 cm³/mol. The second-order valence-electron chi connectivity index (χ2n) is 12.1. The van der Waals surface area contributed by atoms with Gasteiger partial charge in [0.15, 0.2) is 0 Å². The molecule has 3 N–H and O–H groups in total. The summed E-state index contributed by atoms with van der Waals surface area (Å²) in [6.07, 6.45) is 16.3. The van der Waals surface area contributed by atoms with Crippen molar-refractivity contribution < 1.29 is 24.2 Å². The number of allylic oxidation sites excluding steroid dienone is 6. The molecule has 49 heavy (non-hydrogen) atoms. The van der Waals surface area contributed by atoms with Gasteiger partial charge < -0.3 is 25.2 Å². The fourth-order valence-electron chi connectivity index (χ4n) is 4.29.